The Morgan fingerprint density at radius 3 is 2.03 bits per heavy atom. The normalized spacial score (nSPS) is 29.0. The number of nitrogens with zero attached hydrogens (tertiary/aromatic N) is 1. The molecule has 4 fully saturated rings. The standard InChI is InChI=1S/C24H27IN2O3S/c25-20-6-8-21(9-7-20)27(31(29,30)22-4-2-1-3-5-22)16-23(28)26-24-13-17-10-18(14-24)12-19(11-17)15-24/h1-9,17-19H,10-16H2,(H,26,28). The maximum absolute atomic E-state index is 13.5. The van der Waals surface area contributed by atoms with E-state index in [-0.39, 0.29) is 22.9 Å². The summed E-state index contributed by atoms with van der Waals surface area (Å²) < 4.78 is 29.2. The van der Waals surface area contributed by atoms with E-state index < -0.39 is 10.0 Å². The number of hydrogen-bond acceptors (Lipinski definition) is 3. The van der Waals surface area contributed by atoms with Gasteiger partial charge in [0.25, 0.3) is 10.0 Å². The minimum absolute atomic E-state index is 0.139. The molecule has 2 aromatic rings. The molecule has 0 unspecified atom stereocenters. The molecule has 4 aliphatic carbocycles. The molecule has 4 saturated carbocycles. The maximum atomic E-state index is 13.5. The third-order valence-corrected chi connectivity index (χ3v) is 9.68. The van der Waals surface area contributed by atoms with E-state index in [4.69, 9.17) is 0 Å². The van der Waals surface area contributed by atoms with Gasteiger partial charge in [-0.3, -0.25) is 9.10 Å². The lowest BCUT2D eigenvalue weighted by atomic mass is 9.53. The fraction of sp³-hybridized carbons (Fsp3) is 0.458. The summed E-state index contributed by atoms with van der Waals surface area (Å²) in [6.07, 6.45) is 7.02. The van der Waals surface area contributed by atoms with Gasteiger partial charge in [0, 0.05) is 9.11 Å². The van der Waals surface area contributed by atoms with E-state index in [0.29, 0.717) is 23.4 Å². The fourth-order valence-electron chi connectivity index (χ4n) is 6.37. The number of anilines is 1. The minimum atomic E-state index is -3.86. The van der Waals surface area contributed by atoms with Crippen LogP contribution in [0.3, 0.4) is 0 Å². The predicted octanol–water partition coefficient (Wildman–Crippen LogP) is 4.57. The van der Waals surface area contributed by atoms with Gasteiger partial charge < -0.3 is 5.32 Å². The third kappa shape index (κ3) is 4.23. The van der Waals surface area contributed by atoms with E-state index in [2.05, 4.69) is 27.9 Å². The van der Waals surface area contributed by atoms with Crippen molar-refractivity contribution in [1.82, 2.24) is 5.32 Å². The molecule has 0 spiro atoms. The van der Waals surface area contributed by atoms with Crippen molar-refractivity contribution in [3.63, 3.8) is 0 Å². The van der Waals surface area contributed by atoms with Crippen molar-refractivity contribution in [1.29, 1.82) is 0 Å². The molecule has 0 atom stereocenters. The minimum Gasteiger partial charge on any atom is -0.349 e. The van der Waals surface area contributed by atoms with Gasteiger partial charge >= 0.3 is 0 Å². The van der Waals surface area contributed by atoms with Gasteiger partial charge in [0.1, 0.15) is 6.54 Å². The molecule has 0 saturated heterocycles. The first-order valence-corrected chi connectivity index (χ1v) is 13.5. The van der Waals surface area contributed by atoms with Crippen LogP contribution in [-0.4, -0.2) is 26.4 Å². The van der Waals surface area contributed by atoms with Crippen LogP contribution >= 0.6 is 22.6 Å². The third-order valence-electron chi connectivity index (χ3n) is 7.18. The highest BCUT2D eigenvalue weighted by Crippen LogP contribution is 2.55. The summed E-state index contributed by atoms with van der Waals surface area (Å²) in [4.78, 5) is 13.4. The maximum Gasteiger partial charge on any atom is 0.264 e. The zero-order valence-electron chi connectivity index (χ0n) is 17.3. The van der Waals surface area contributed by atoms with Crippen molar-refractivity contribution in [2.24, 2.45) is 17.8 Å². The molecule has 7 heteroatoms. The van der Waals surface area contributed by atoms with E-state index in [1.54, 1.807) is 42.5 Å². The molecule has 5 nitrogen and oxygen atoms in total. The van der Waals surface area contributed by atoms with Crippen molar-refractivity contribution < 1.29 is 13.2 Å². The van der Waals surface area contributed by atoms with Gasteiger partial charge in [0.2, 0.25) is 5.91 Å². The highest BCUT2D eigenvalue weighted by Gasteiger charge is 2.51. The van der Waals surface area contributed by atoms with Crippen molar-refractivity contribution in [3.8, 4) is 0 Å². The van der Waals surface area contributed by atoms with Gasteiger partial charge in [-0.05, 0) is 115 Å². The Hall–Kier alpha value is -1.61. The van der Waals surface area contributed by atoms with Crippen molar-refractivity contribution in [2.45, 2.75) is 49.0 Å². The number of carbonyl (C=O) groups is 1. The Morgan fingerprint density at radius 2 is 1.48 bits per heavy atom. The zero-order chi connectivity index (χ0) is 21.6. The predicted molar refractivity (Wildman–Crippen MR) is 129 cm³/mol. The van der Waals surface area contributed by atoms with Crippen molar-refractivity contribution in [3.05, 3.63) is 58.2 Å². The molecule has 0 heterocycles. The smallest absolute Gasteiger partial charge is 0.264 e. The summed E-state index contributed by atoms with van der Waals surface area (Å²) in [5.74, 6) is 1.94. The van der Waals surface area contributed by atoms with Gasteiger partial charge in [-0.15, -0.1) is 0 Å². The zero-order valence-corrected chi connectivity index (χ0v) is 20.3. The van der Waals surface area contributed by atoms with Gasteiger partial charge in [0.15, 0.2) is 0 Å². The van der Waals surface area contributed by atoms with Crippen LogP contribution in [0.15, 0.2) is 59.5 Å². The van der Waals surface area contributed by atoms with E-state index in [0.717, 1.165) is 22.8 Å². The molecule has 6 rings (SSSR count). The lowest BCUT2D eigenvalue weighted by Gasteiger charge is -2.57. The number of hydrogen-bond donors (Lipinski definition) is 1. The second kappa shape index (κ2) is 8.06. The molecule has 31 heavy (non-hydrogen) atoms. The van der Waals surface area contributed by atoms with E-state index >= 15 is 0 Å². The summed E-state index contributed by atoms with van der Waals surface area (Å²) >= 11 is 2.19. The highest BCUT2D eigenvalue weighted by atomic mass is 127. The summed E-state index contributed by atoms with van der Waals surface area (Å²) in [5.41, 5.74) is 0.366. The van der Waals surface area contributed by atoms with Crippen LogP contribution in [-0.2, 0) is 14.8 Å². The molecule has 2 aromatic carbocycles. The Morgan fingerprint density at radius 1 is 0.935 bits per heavy atom. The SMILES string of the molecule is O=C(CN(c1ccc(I)cc1)S(=O)(=O)c1ccccc1)NC12CC3CC(CC(C3)C1)C2. The number of amides is 1. The van der Waals surface area contributed by atoms with E-state index in [9.17, 15) is 13.2 Å². The first kappa shape index (κ1) is 21.2. The van der Waals surface area contributed by atoms with Gasteiger partial charge in [-0.25, -0.2) is 8.42 Å². The van der Waals surface area contributed by atoms with Crippen LogP contribution in [0.4, 0.5) is 5.69 Å². The number of rotatable bonds is 6. The molecule has 0 radical (unpaired) electrons. The Balaban J connectivity index is 1.41. The van der Waals surface area contributed by atoms with Crippen molar-refractivity contribution >= 4 is 44.2 Å². The summed E-state index contributed by atoms with van der Waals surface area (Å²) in [5, 5.41) is 3.31. The van der Waals surface area contributed by atoms with Crippen LogP contribution in [0.2, 0.25) is 0 Å². The fourth-order valence-corrected chi connectivity index (χ4v) is 8.17. The average Bonchev–Trinajstić information content (AvgIpc) is 2.72. The summed E-state index contributed by atoms with van der Waals surface area (Å²) in [6.45, 7) is -0.209. The summed E-state index contributed by atoms with van der Waals surface area (Å²) in [7, 11) is -3.86. The van der Waals surface area contributed by atoms with Crippen LogP contribution in [0.5, 0.6) is 0 Å². The second-order valence-electron chi connectivity index (χ2n) is 9.55. The lowest BCUT2D eigenvalue weighted by Crippen LogP contribution is -2.61. The summed E-state index contributed by atoms with van der Waals surface area (Å²) in [6, 6.07) is 15.6. The number of carbonyl (C=O) groups excluding carboxylic acids is 1. The first-order chi connectivity index (χ1) is 14.8. The second-order valence-corrected chi connectivity index (χ2v) is 12.7. The van der Waals surface area contributed by atoms with E-state index in [1.165, 1.54) is 23.6 Å². The Bertz CT molecular complexity index is 1030. The van der Waals surface area contributed by atoms with Crippen LogP contribution < -0.4 is 9.62 Å². The van der Waals surface area contributed by atoms with Crippen LogP contribution in [0, 0.1) is 21.3 Å². The number of nitrogens with one attached hydrogen (secondary N) is 1. The molecule has 164 valence electrons. The molecule has 1 amide bonds. The molecular weight excluding hydrogens is 523 g/mol. The quantitative estimate of drug-likeness (QED) is 0.536. The molecule has 0 aromatic heterocycles. The van der Waals surface area contributed by atoms with E-state index in [1.807, 2.05) is 12.1 Å². The molecular formula is C24H27IN2O3S. The molecule has 1 N–H and O–H groups in total. The van der Waals surface area contributed by atoms with Gasteiger partial charge in [-0.2, -0.15) is 0 Å². The Kier molecular flexibility index (Phi) is 5.53. The van der Waals surface area contributed by atoms with Gasteiger partial charge in [0.05, 0.1) is 10.6 Å². The number of halogens is 1. The van der Waals surface area contributed by atoms with Gasteiger partial charge in [-0.1, -0.05) is 18.2 Å². The van der Waals surface area contributed by atoms with Crippen molar-refractivity contribution in [2.75, 3.05) is 10.8 Å². The number of benzene rings is 2. The molecule has 4 aliphatic rings. The average molecular weight is 550 g/mol. The van der Waals surface area contributed by atoms with Crippen LogP contribution in [0.1, 0.15) is 38.5 Å². The largest absolute Gasteiger partial charge is 0.349 e. The number of sulfonamides is 1. The Labute approximate surface area is 197 Å². The highest BCUT2D eigenvalue weighted by molar-refractivity contribution is 14.1. The molecule has 0 aliphatic heterocycles. The monoisotopic (exact) mass is 550 g/mol. The first-order valence-electron chi connectivity index (χ1n) is 11.0. The van der Waals surface area contributed by atoms with Crippen LogP contribution in [0.25, 0.3) is 0 Å². The topological polar surface area (TPSA) is 66.5 Å². The lowest BCUT2D eigenvalue weighted by molar-refractivity contribution is -0.125. The molecule has 4 bridgehead atoms.